The van der Waals surface area contributed by atoms with Gasteiger partial charge in [0.15, 0.2) is 0 Å². The van der Waals surface area contributed by atoms with E-state index in [0.29, 0.717) is 6.54 Å². The van der Waals surface area contributed by atoms with Crippen molar-refractivity contribution in [1.29, 1.82) is 0 Å². The molecule has 0 aliphatic heterocycles. The van der Waals surface area contributed by atoms with Crippen LogP contribution in [0, 0.1) is 5.82 Å². The molecule has 1 rings (SSSR count). The van der Waals surface area contributed by atoms with Gasteiger partial charge in [-0.2, -0.15) is 11.8 Å². The topological polar surface area (TPSA) is 58.2 Å². The zero-order chi connectivity index (χ0) is 15.9. The third-order valence-corrected chi connectivity index (χ3v) is 5.43. The summed E-state index contributed by atoms with van der Waals surface area (Å²) < 4.78 is 40.6. The van der Waals surface area contributed by atoms with Crippen LogP contribution in [0.1, 0.15) is 25.8 Å². The fourth-order valence-corrected chi connectivity index (χ4v) is 3.21. The molecule has 0 aliphatic carbocycles. The minimum absolute atomic E-state index is 0.139. The maximum Gasteiger partial charge on any atom is 0.243 e. The molecule has 120 valence electrons. The average molecular weight is 334 g/mol. The van der Waals surface area contributed by atoms with Crippen molar-refractivity contribution >= 4 is 21.8 Å². The van der Waals surface area contributed by atoms with E-state index in [2.05, 4.69) is 10.0 Å². The summed E-state index contributed by atoms with van der Waals surface area (Å²) in [7, 11) is -3.80. The van der Waals surface area contributed by atoms with Gasteiger partial charge in [0.05, 0.1) is 0 Å². The van der Waals surface area contributed by atoms with Crippen molar-refractivity contribution in [2.24, 2.45) is 0 Å². The highest BCUT2D eigenvalue weighted by molar-refractivity contribution is 7.99. The van der Waals surface area contributed by atoms with Crippen LogP contribution in [-0.2, 0) is 16.6 Å². The van der Waals surface area contributed by atoms with Crippen molar-refractivity contribution in [3.05, 3.63) is 29.6 Å². The van der Waals surface area contributed by atoms with Crippen LogP contribution in [0.4, 0.5) is 4.39 Å². The minimum Gasteiger partial charge on any atom is -0.313 e. The van der Waals surface area contributed by atoms with Crippen molar-refractivity contribution < 1.29 is 12.8 Å². The molecular weight excluding hydrogens is 311 g/mol. The molecule has 0 amide bonds. The molecule has 0 radical (unpaired) electrons. The number of hydrogen-bond acceptors (Lipinski definition) is 4. The average Bonchev–Trinajstić information content (AvgIpc) is 2.45. The van der Waals surface area contributed by atoms with Crippen LogP contribution in [-0.4, -0.2) is 33.0 Å². The van der Waals surface area contributed by atoms with E-state index in [9.17, 15) is 12.8 Å². The predicted molar refractivity (Wildman–Crippen MR) is 86.6 cm³/mol. The van der Waals surface area contributed by atoms with E-state index in [1.807, 2.05) is 20.1 Å². The smallest absolute Gasteiger partial charge is 0.243 e. The van der Waals surface area contributed by atoms with E-state index >= 15 is 0 Å². The second kappa shape index (κ2) is 8.73. The highest BCUT2D eigenvalue weighted by Gasteiger charge is 2.19. The summed E-state index contributed by atoms with van der Waals surface area (Å²) in [5.41, 5.74) is 0.734. The standard InChI is InChI=1S/C14H23FN2O2S2/c1-4-7-16-10-12-5-6-14(13(15)8-12)21(18,19)17-9-11(2)20-3/h5-6,8,11,16-17H,4,7,9-10H2,1-3H3. The van der Waals surface area contributed by atoms with Crippen molar-refractivity contribution in [3.8, 4) is 0 Å². The van der Waals surface area contributed by atoms with Gasteiger partial charge >= 0.3 is 0 Å². The summed E-state index contributed by atoms with van der Waals surface area (Å²) >= 11 is 1.55. The number of thioether (sulfide) groups is 1. The summed E-state index contributed by atoms with van der Waals surface area (Å²) in [5, 5.41) is 3.29. The Labute approximate surface area is 131 Å². The van der Waals surface area contributed by atoms with Crippen LogP contribution in [0.25, 0.3) is 0 Å². The summed E-state index contributed by atoms with van der Waals surface area (Å²) in [6.45, 7) is 5.61. The van der Waals surface area contributed by atoms with Gasteiger partial charge in [-0.1, -0.05) is 19.9 Å². The SMILES string of the molecule is CCCNCc1ccc(S(=O)(=O)NCC(C)SC)c(F)c1. The van der Waals surface area contributed by atoms with Crippen LogP contribution in [0.3, 0.4) is 0 Å². The van der Waals surface area contributed by atoms with Gasteiger partial charge in [-0.25, -0.2) is 17.5 Å². The van der Waals surface area contributed by atoms with E-state index in [4.69, 9.17) is 0 Å². The van der Waals surface area contributed by atoms with E-state index in [1.165, 1.54) is 12.1 Å². The molecule has 0 aromatic heterocycles. The van der Waals surface area contributed by atoms with Gasteiger partial charge in [0.25, 0.3) is 0 Å². The Morgan fingerprint density at radius 1 is 1.38 bits per heavy atom. The Bertz CT molecular complexity index is 550. The van der Waals surface area contributed by atoms with E-state index in [1.54, 1.807) is 17.8 Å². The van der Waals surface area contributed by atoms with E-state index in [0.717, 1.165) is 18.5 Å². The van der Waals surface area contributed by atoms with Gasteiger partial charge in [0.1, 0.15) is 10.7 Å². The summed E-state index contributed by atoms with van der Waals surface area (Å²) in [4.78, 5) is -0.296. The molecule has 1 atom stereocenters. The van der Waals surface area contributed by atoms with Gasteiger partial charge in [0.2, 0.25) is 10.0 Å². The summed E-state index contributed by atoms with van der Waals surface area (Å²) in [6.07, 6.45) is 2.89. The molecule has 0 heterocycles. The highest BCUT2D eigenvalue weighted by Crippen LogP contribution is 2.16. The summed E-state index contributed by atoms with van der Waals surface area (Å²) in [6, 6.07) is 4.23. The Morgan fingerprint density at radius 3 is 2.67 bits per heavy atom. The van der Waals surface area contributed by atoms with Gasteiger partial charge in [-0.15, -0.1) is 0 Å². The fraction of sp³-hybridized carbons (Fsp3) is 0.571. The highest BCUT2D eigenvalue weighted by atomic mass is 32.2. The van der Waals surface area contributed by atoms with Crippen LogP contribution in [0.2, 0.25) is 0 Å². The first-order chi connectivity index (χ1) is 9.90. The Morgan fingerprint density at radius 2 is 2.10 bits per heavy atom. The third-order valence-electron chi connectivity index (χ3n) is 3.00. The van der Waals surface area contributed by atoms with Gasteiger partial charge in [0, 0.05) is 18.3 Å². The molecule has 4 nitrogen and oxygen atoms in total. The maximum absolute atomic E-state index is 14.0. The van der Waals surface area contributed by atoms with E-state index in [-0.39, 0.29) is 16.7 Å². The van der Waals surface area contributed by atoms with Gasteiger partial charge < -0.3 is 5.32 Å². The van der Waals surface area contributed by atoms with Crippen LogP contribution < -0.4 is 10.0 Å². The molecule has 0 saturated carbocycles. The molecule has 0 saturated heterocycles. The molecule has 0 bridgehead atoms. The number of rotatable bonds is 9. The van der Waals surface area contributed by atoms with Crippen molar-refractivity contribution in [2.45, 2.75) is 37.0 Å². The lowest BCUT2D eigenvalue weighted by Crippen LogP contribution is -2.30. The number of hydrogen-bond donors (Lipinski definition) is 2. The van der Waals surface area contributed by atoms with Gasteiger partial charge in [-0.05, 0) is 36.9 Å². The van der Waals surface area contributed by atoms with Crippen LogP contribution >= 0.6 is 11.8 Å². The molecule has 0 spiro atoms. The molecule has 21 heavy (non-hydrogen) atoms. The first-order valence-corrected chi connectivity index (χ1v) is 9.69. The van der Waals surface area contributed by atoms with Gasteiger partial charge in [-0.3, -0.25) is 0 Å². The largest absolute Gasteiger partial charge is 0.313 e. The number of halogens is 1. The number of sulfonamides is 1. The summed E-state index contributed by atoms with van der Waals surface area (Å²) in [5.74, 6) is -0.713. The molecule has 1 aromatic carbocycles. The van der Waals surface area contributed by atoms with E-state index < -0.39 is 15.8 Å². The first kappa shape index (κ1) is 18.4. The molecule has 2 N–H and O–H groups in total. The zero-order valence-corrected chi connectivity index (χ0v) is 14.3. The lowest BCUT2D eigenvalue weighted by molar-refractivity contribution is 0.555. The lowest BCUT2D eigenvalue weighted by Gasteiger charge is -2.12. The Hall–Kier alpha value is -0.630. The second-order valence-electron chi connectivity index (χ2n) is 4.84. The predicted octanol–water partition coefficient (Wildman–Crippen LogP) is 2.36. The Balaban J connectivity index is 2.78. The maximum atomic E-state index is 14.0. The van der Waals surface area contributed by atoms with Crippen molar-refractivity contribution in [2.75, 3.05) is 19.3 Å². The molecular formula is C14H23FN2O2S2. The molecule has 0 aliphatic rings. The second-order valence-corrected chi connectivity index (χ2v) is 7.85. The lowest BCUT2D eigenvalue weighted by atomic mass is 10.2. The number of nitrogens with one attached hydrogen (secondary N) is 2. The molecule has 0 fully saturated rings. The van der Waals surface area contributed by atoms with Crippen molar-refractivity contribution in [3.63, 3.8) is 0 Å². The van der Waals surface area contributed by atoms with Crippen LogP contribution in [0.15, 0.2) is 23.1 Å². The molecule has 1 unspecified atom stereocenters. The number of benzene rings is 1. The molecule has 1 aromatic rings. The quantitative estimate of drug-likeness (QED) is 0.681. The minimum atomic E-state index is -3.80. The molecule has 7 heteroatoms. The van der Waals surface area contributed by atoms with Crippen molar-refractivity contribution in [1.82, 2.24) is 10.0 Å². The normalized spacial score (nSPS) is 13.3. The Kier molecular flexibility index (Phi) is 7.65. The fourth-order valence-electron chi connectivity index (χ4n) is 1.67. The zero-order valence-electron chi connectivity index (χ0n) is 12.6. The van der Waals surface area contributed by atoms with Crippen LogP contribution in [0.5, 0.6) is 0 Å². The first-order valence-electron chi connectivity index (χ1n) is 6.92. The third kappa shape index (κ3) is 5.94. The monoisotopic (exact) mass is 334 g/mol.